The number of carbonyl (C=O) groups is 2. The van der Waals surface area contributed by atoms with Crippen LogP contribution in [0, 0.1) is 5.92 Å². The summed E-state index contributed by atoms with van der Waals surface area (Å²) in [5, 5.41) is 0. The Labute approximate surface area is 172 Å². The van der Waals surface area contributed by atoms with Crippen LogP contribution in [0.4, 0.5) is 0 Å². The molecule has 0 saturated heterocycles. The lowest BCUT2D eigenvalue weighted by molar-refractivity contribution is -0.146. The number of hydrogen-bond acceptors (Lipinski definition) is 6. The van der Waals surface area contributed by atoms with Gasteiger partial charge in [0, 0.05) is 33.8 Å². The molecule has 4 rings (SSSR count). The fraction of sp³-hybridized carbons (Fsp3) is 0.476. The number of aliphatic imine (C=N–C) groups is 1. The quantitative estimate of drug-likeness (QED) is 0.642. The minimum Gasteiger partial charge on any atom is -0.465 e. The summed E-state index contributed by atoms with van der Waals surface area (Å²) in [7, 11) is 0. The highest BCUT2D eigenvalue weighted by Crippen LogP contribution is 2.48. The lowest BCUT2D eigenvalue weighted by Gasteiger charge is -2.35. The van der Waals surface area contributed by atoms with E-state index in [4.69, 9.17) is 14.2 Å². The van der Waals surface area contributed by atoms with Gasteiger partial charge in [-0.25, -0.2) is 0 Å². The molecule has 2 atom stereocenters. The van der Waals surface area contributed by atoms with Gasteiger partial charge < -0.3 is 14.2 Å². The van der Waals surface area contributed by atoms with Crippen LogP contribution in [0.15, 0.2) is 32.9 Å². The molecule has 3 aliphatic rings. The monoisotopic (exact) mass is 447 g/mol. The van der Waals surface area contributed by atoms with Crippen LogP contribution in [0.2, 0.25) is 0 Å². The van der Waals surface area contributed by atoms with Gasteiger partial charge in [0.25, 0.3) is 0 Å². The predicted molar refractivity (Wildman–Crippen MR) is 107 cm³/mol. The summed E-state index contributed by atoms with van der Waals surface area (Å²) in [4.78, 5) is 30.5. The van der Waals surface area contributed by atoms with Crippen molar-refractivity contribution >= 4 is 33.4 Å². The van der Waals surface area contributed by atoms with Gasteiger partial charge in [0.15, 0.2) is 17.3 Å². The van der Waals surface area contributed by atoms with Gasteiger partial charge in [-0.1, -0.05) is 22.9 Å². The third kappa shape index (κ3) is 3.26. The number of Topliss-reactive ketones (excluding diaryl/α,β-unsaturated/α-hetero) is 1. The standard InChI is InChI=1S/C21H22BrNO5/c1-3-7-26-21(25)18-11(2)23-14-5-4-6-15(24)20(14)19(18)12-8-16-17(9-13(12)22)28-10-27-16/h8-9,18-19H,3-7,10H2,1-2H3/t18?,19-/m0/s1. The van der Waals surface area contributed by atoms with Gasteiger partial charge in [-0.05, 0) is 43.9 Å². The zero-order chi connectivity index (χ0) is 19.8. The molecule has 0 fully saturated rings. The number of ketones is 1. The highest BCUT2D eigenvalue weighted by atomic mass is 79.9. The zero-order valence-corrected chi connectivity index (χ0v) is 17.5. The van der Waals surface area contributed by atoms with Gasteiger partial charge in [-0.15, -0.1) is 0 Å². The minimum atomic E-state index is -0.635. The highest BCUT2D eigenvalue weighted by Gasteiger charge is 2.44. The summed E-state index contributed by atoms with van der Waals surface area (Å²) >= 11 is 3.61. The van der Waals surface area contributed by atoms with Crippen LogP contribution in [-0.2, 0) is 14.3 Å². The topological polar surface area (TPSA) is 74.2 Å². The Hall–Kier alpha value is -2.15. The van der Waals surface area contributed by atoms with Crippen LogP contribution in [0.1, 0.15) is 51.0 Å². The van der Waals surface area contributed by atoms with E-state index in [9.17, 15) is 9.59 Å². The maximum atomic E-state index is 13.0. The number of ether oxygens (including phenoxy) is 3. The Morgan fingerprint density at radius 3 is 2.79 bits per heavy atom. The lowest BCUT2D eigenvalue weighted by Crippen LogP contribution is -2.37. The van der Waals surface area contributed by atoms with Crippen LogP contribution in [0.3, 0.4) is 0 Å². The maximum Gasteiger partial charge on any atom is 0.315 e. The third-order valence-electron chi connectivity index (χ3n) is 5.36. The molecule has 1 aliphatic carbocycles. The zero-order valence-electron chi connectivity index (χ0n) is 15.9. The van der Waals surface area contributed by atoms with E-state index in [0.29, 0.717) is 35.8 Å². The molecular weight excluding hydrogens is 426 g/mol. The van der Waals surface area contributed by atoms with Crippen molar-refractivity contribution in [1.29, 1.82) is 0 Å². The minimum absolute atomic E-state index is 0.0559. The van der Waals surface area contributed by atoms with E-state index in [1.54, 1.807) is 0 Å². The smallest absolute Gasteiger partial charge is 0.315 e. The first-order valence-electron chi connectivity index (χ1n) is 9.58. The largest absolute Gasteiger partial charge is 0.465 e. The number of fused-ring (bicyclic) bond motifs is 1. The van der Waals surface area contributed by atoms with Gasteiger partial charge in [0.05, 0.1) is 6.61 Å². The second-order valence-electron chi connectivity index (χ2n) is 7.24. The van der Waals surface area contributed by atoms with Gasteiger partial charge in [-0.3, -0.25) is 14.6 Å². The molecule has 6 nitrogen and oxygen atoms in total. The molecule has 2 aliphatic heterocycles. The summed E-state index contributed by atoms with van der Waals surface area (Å²) in [6, 6.07) is 3.70. The van der Waals surface area contributed by atoms with Crippen molar-refractivity contribution in [3.63, 3.8) is 0 Å². The fourth-order valence-electron chi connectivity index (χ4n) is 4.11. The lowest BCUT2D eigenvalue weighted by atomic mass is 9.71. The molecule has 1 aromatic rings. The van der Waals surface area contributed by atoms with Crippen LogP contribution >= 0.6 is 15.9 Å². The Balaban J connectivity index is 1.86. The summed E-state index contributed by atoms with van der Waals surface area (Å²) < 4.78 is 17.2. The van der Waals surface area contributed by atoms with Crippen molar-refractivity contribution in [2.45, 2.75) is 45.4 Å². The van der Waals surface area contributed by atoms with Crippen molar-refractivity contribution < 1.29 is 23.8 Å². The third-order valence-corrected chi connectivity index (χ3v) is 6.05. The van der Waals surface area contributed by atoms with Crippen molar-refractivity contribution in [2.75, 3.05) is 13.4 Å². The first-order chi connectivity index (χ1) is 13.5. The number of nitrogens with zero attached hydrogens (tertiary/aromatic N) is 1. The number of halogens is 1. The second-order valence-corrected chi connectivity index (χ2v) is 8.09. The average molecular weight is 448 g/mol. The van der Waals surface area contributed by atoms with Crippen molar-refractivity contribution in [3.8, 4) is 11.5 Å². The maximum absolute atomic E-state index is 13.0. The first kappa shape index (κ1) is 19.2. The molecule has 1 aromatic carbocycles. The summed E-state index contributed by atoms with van der Waals surface area (Å²) in [6.07, 6.45) is 2.74. The van der Waals surface area contributed by atoms with E-state index in [0.717, 1.165) is 35.0 Å². The molecule has 0 radical (unpaired) electrons. The number of rotatable bonds is 4. The molecule has 28 heavy (non-hydrogen) atoms. The molecule has 0 bridgehead atoms. The number of hydrogen-bond donors (Lipinski definition) is 0. The molecule has 2 heterocycles. The predicted octanol–water partition coefficient (Wildman–Crippen LogP) is 4.31. The van der Waals surface area contributed by atoms with Crippen molar-refractivity contribution in [3.05, 3.63) is 33.4 Å². The second kappa shape index (κ2) is 7.70. The van der Waals surface area contributed by atoms with Crippen LogP contribution in [0.5, 0.6) is 11.5 Å². The number of benzene rings is 1. The molecule has 148 valence electrons. The van der Waals surface area contributed by atoms with Gasteiger partial charge in [-0.2, -0.15) is 0 Å². The Kier molecular flexibility index (Phi) is 5.27. The normalized spacial score (nSPS) is 23.4. The molecule has 0 amide bonds. The Morgan fingerprint density at radius 2 is 2.04 bits per heavy atom. The van der Waals surface area contributed by atoms with Gasteiger partial charge >= 0.3 is 5.97 Å². The Bertz CT molecular complexity index is 904. The highest BCUT2D eigenvalue weighted by molar-refractivity contribution is 9.10. The molecule has 0 saturated carbocycles. The van der Waals surface area contributed by atoms with Crippen molar-refractivity contribution in [2.24, 2.45) is 10.9 Å². The van der Waals surface area contributed by atoms with Crippen LogP contribution in [0.25, 0.3) is 0 Å². The first-order valence-corrected chi connectivity index (χ1v) is 10.4. The summed E-state index contributed by atoms with van der Waals surface area (Å²) in [6.45, 7) is 4.30. The molecule has 0 aromatic heterocycles. The van der Waals surface area contributed by atoms with E-state index in [1.807, 2.05) is 26.0 Å². The average Bonchev–Trinajstić information content (AvgIpc) is 3.11. The van der Waals surface area contributed by atoms with Crippen LogP contribution < -0.4 is 9.47 Å². The number of carbonyl (C=O) groups excluding carboxylic acids is 2. The molecular formula is C21H22BrNO5. The molecule has 0 spiro atoms. The molecule has 1 unspecified atom stereocenters. The van der Waals surface area contributed by atoms with Gasteiger partial charge in [0.1, 0.15) is 5.92 Å². The van der Waals surface area contributed by atoms with Crippen molar-refractivity contribution in [1.82, 2.24) is 0 Å². The van der Waals surface area contributed by atoms with Crippen LogP contribution in [-0.4, -0.2) is 30.9 Å². The molecule has 0 N–H and O–H groups in total. The van der Waals surface area contributed by atoms with Gasteiger partial charge in [0.2, 0.25) is 6.79 Å². The SMILES string of the molecule is CCCOC(=O)C1C(C)=NC2=C(C(=O)CCC2)[C@H]1c1cc2c(cc1Br)OCO2. The van der Waals surface area contributed by atoms with E-state index >= 15 is 0 Å². The molecule has 7 heteroatoms. The summed E-state index contributed by atoms with van der Waals surface area (Å²) in [5.41, 5.74) is 2.93. The van der Waals surface area contributed by atoms with E-state index in [-0.39, 0.29) is 18.5 Å². The van der Waals surface area contributed by atoms with E-state index in [1.165, 1.54) is 0 Å². The number of allylic oxidation sites excluding steroid dienone is 2. The van der Waals surface area contributed by atoms with E-state index < -0.39 is 11.8 Å². The van der Waals surface area contributed by atoms with E-state index in [2.05, 4.69) is 20.9 Å². The Morgan fingerprint density at radius 1 is 1.29 bits per heavy atom. The summed E-state index contributed by atoms with van der Waals surface area (Å²) in [5.74, 6) is -0.115. The number of esters is 1. The fourth-order valence-corrected chi connectivity index (χ4v) is 4.68.